The summed E-state index contributed by atoms with van der Waals surface area (Å²) < 4.78 is 5.34. The molecule has 0 aromatic heterocycles. The fourth-order valence-electron chi connectivity index (χ4n) is 3.42. The number of nitrogens with one attached hydrogen (secondary N) is 1. The predicted molar refractivity (Wildman–Crippen MR) is 83.9 cm³/mol. The number of hydrogen-bond donors (Lipinski definition) is 1. The molecule has 5 nitrogen and oxygen atoms in total. The van der Waals surface area contributed by atoms with Gasteiger partial charge in [-0.1, -0.05) is 6.07 Å². The van der Waals surface area contributed by atoms with Crippen molar-refractivity contribution in [3.05, 3.63) is 23.8 Å². The first-order valence-electron chi connectivity index (χ1n) is 7.91. The van der Waals surface area contributed by atoms with Crippen LogP contribution in [0.2, 0.25) is 0 Å². The molecule has 22 heavy (non-hydrogen) atoms. The van der Waals surface area contributed by atoms with Gasteiger partial charge in [0.05, 0.1) is 12.1 Å². The normalized spacial score (nSPS) is 24.3. The number of ether oxygens (including phenoxy) is 1. The minimum Gasteiger partial charge on any atom is -0.482 e. The monoisotopic (exact) mass is 302 g/mol. The third-order valence-corrected chi connectivity index (χ3v) is 4.51. The van der Waals surface area contributed by atoms with Crippen LogP contribution in [0, 0.1) is 0 Å². The third kappa shape index (κ3) is 2.93. The molecule has 2 aliphatic rings. The van der Waals surface area contributed by atoms with Crippen molar-refractivity contribution in [2.45, 2.75) is 51.6 Å². The van der Waals surface area contributed by atoms with E-state index < -0.39 is 0 Å². The number of carbonyl (C=O) groups is 2. The van der Waals surface area contributed by atoms with Crippen molar-refractivity contribution in [2.24, 2.45) is 0 Å². The van der Waals surface area contributed by atoms with E-state index in [1.54, 1.807) is 0 Å². The van der Waals surface area contributed by atoms with Gasteiger partial charge in [-0.05, 0) is 50.8 Å². The highest BCUT2D eigenvalue weighted by atomic mass is 16.5. The van der Waals surface area contributed by atoms with Crippen LogP contribution in [0.1, 0.15) is 38.7 Å². The van der Waals surface area contributed by atoms with Gasteiger partial charge in [0.1, 0.15) is 5.75 Å². The summed E-state index contributed by atoms with van der Waals surface area (Å²) >= 11 is 0. The molecule has 118 valence electrons. The molecule has 0 radical (unpaired) electrons. The standard InChI is InChI=1S/C17H22N2O3/c1-11-4-3-5-12(2)19(11)17(21)9-13-6-7-15-14(8-13)18-16(20)10-22-15/h6-8,11-12H,3-5,9-10H2,1-2H3,(H,18,20). The van der Waals surface area contributed by atoms with E-state index in [4.69, 9.17) is 4.74 Å². The van der Waals surface area contributed by atoms with Gasteiger partial charge in [-0.3, -0.25) is 9.59 Å². The summed E-state index contributed by atoms with van der Waals surface area (Å²) in [6.07, 6.45) is 3.69. The average molecular weight is 302 g/mol. The maximum absolute atomic E-state index is 12.6. The zero-order chi connectivity index (χ0) is 15.7. The van der Waals surface area contributed by atoms with Crippen molar-refractivity contribution in [3.63, 3.8) is 0 Å². The van der Waals surface area contributed by atoms with Crippen molar-refractivity contribution in [1.29, 1.82) is 0 Å². The number of carbonyl (C=O) groups excluding carboxylic acids is 2. The van der Waals surface area contributed by atoms with Crippen molar-refractivity contribution in [2.75, 3.05) is 11.9 Å². The Balaban J connectivity index is 1.74. The lowest BCUT2D eigenvalue weighted by Gasteiger charge is -2.39. The lowest BCUT2D eigenvalue weighted by atomic mass is 9.96. The highest BCUT2D eigenvalue weighted by Crippen LogP contribution is 2.29. The second kappa shape index (κ2) is 5.99. The predicted octanol–water partition coefficient (Wildman–Crippen LogP) is 2.35. The molecule has 2 amide bonds. The number of nitrogens with zero attached hydrogens (tertiary/aromatic N) is 1. The van der Waals surface area contributed by atoms with Crippen LogP contribution in [0.15, 0.2) is 18.2 Å². The first kappa shape index (κ1) is 14.9. The van der Waals surface area contributed by atoms with Crippen LogP contribution in [0.25, 0.3) is 0 Å². The van der Waals surface area contributed by atoms with E-state index in [0.29, 0.717) is 29.9 Å². The Morgan fingerprint density at radius 1 is 1.32 bits per heavy atom. The Labute approximate surface area is 130 Å². The average Bonchev–Trinajstić information content (AvgIpc) is 2.46. The van der Waals surface area contributed by atoms with Crippen molar-refractivity contribution >= 4 is 17.5 Å². The molecule has 2 aliphatic heterocycles. The summed E-state index contributed by atoms with van der Waals surface area (Å²) in [4.78, 5) is 26.0. The Morgan fingerprint density at radius 3 is 2.77 bits per heavy atom. The Morgan fingerprint density at radius 2 is 2.05 bits per heavy atom. The zero-order valence-corrected chi connectivity index (χ0v) is 13.1. The summed E-state index contributed by atoms with van der Waals surface area (Å²) in [5.41, 5.74) is 1.56. The van der Waals surface area contributed by atoms with Gasteiger partial charge in [-0.2, -0.15) is 0 Å². The topological polar surface area (TPSA) is 58.6 Å². The van der Waals surface area contributed by atoms with Crippen LogP contribution in [0.3, 0.4) is 0 Å². The number of amides is 2. The maximum Gasteiger partial charge on any atom is 0.262 e. The van der Waals surface area contributed by atoms with E-state index >= 15 is 0 Å². The highest BCUT2D eigenvalue weighted by Gasteiger charge is 2.29. The van der Waals surface area contributed by atoms with Crippen LogP contribution in [-0.2, 0) is 16.0 Å². The molecule has 1 saturated heterocycles. The Kier molecular flexibility index (Phi) is 4.05. The molecule has 3 rings (SSSR count). The van der Waals surface area contributed by atoms with E-state index in [1.165, 1.54) is 6.42 Å². The van der Waals surface area contributed by atoms with Crippen molar-refractivity contribution in [1.82, 2.24) is 4.90 Å². The molecule has 2 atom stereocenters. The first-order valence-corrected chi connectivity index (χ1v) is 7.91. The van der Waals surface area contributed by atoms with Crippen LogP contribution in [0.5, 0.6) is 5.75 Å². The molecule has 0 spiro atoms. The number of rotatable bonds is 2. The molecule has 1 fully saturated rings. The molecule has 1 aromatic rings. The van der Waals surface area contributed by atoms with Gasteiger partial charge < -0.3 is 15.0 Å². The second-order valence-corrected chi connectivity index (χ2v) is 6.27. The molecule has 0 aliphatic carbocycles. The number of fused-ring (bicyclic) bond motifs is 1. The zero-order valence-electron chi connectivity index (χ0n) is 13.1. The molecule has 5 heteroatoms. The molecule has 1 N–H and O–H groups in total. The number of anilines is 1. The second-order valence-electron chi connectivity index (χ2n) is 6.27. The smallest absolute Gasteiger partial charge is 0.262 e. The first-order chi connectivity index (χ1) is 10.5. The summed E-state index contributed by atoms with van der Waals surface area (Å²) in [5.74, 6) is 0.660. The number of piperidine rings is 1. The van der Waals surface area contributed by atoms with Gasteiger partial charge in [0.15, 0.2) is 6.61 Å². The molecular weight excluding hydrogens is 280 g/mol. The van der Waals surface area contributed by atoms with Crippen LogP contribution in [0.4, 0.5) is 5.69 Å². The van der Waals surface area contributed by atoms with E-state index in [2.05, 4.69) is 19.2 Å². The lowest BCUT2D eigenvalue weighted by Crippen LogP contribution is -2.48. The van der Waals surface area contributed by atoms with Crippen LogP contribution >= 0.6 is 0 Å². The number of hydrogen-bond acceptors (Lipinski definition) is 3. The van der Waals surface area contributed by atoms with E-state index in [0.717, 1.165) is 18.4 Å². The maximum atomic E-state index is 12.6. The van der Waals surface area contributed by atoms with E-state index in [1.807, 2.05) is 23.1 Å². The van der Waals surface area contributed by atoms with Gasteiger partial charge >= 0.3 is 0 Å². The summed E-state index contributed by atoms with van der Waals surface area (Å²) in [6, 6.07) is 6.16. The van der Waals surface area contributed by atoms with Crippen LogP contribution in [-0.4, -0.2) is 35.4 Å². The fraction of sp³-hybridized carbons (Fsp3) is 0.529. The van der Waals surface area contributed by atoms with Crippen LogP contribution < -0.4 is 10.1 Å². The Hall–Kier alpha value is -2.04. The molecule has 0 saturated carbocycles. The van der Waals surface area contributed by atoms with E-state index in [-0.39, 0.29) is 18.4 Å². The quantitative estimate of drug-likeness (QED) is 0.912. The molecule has 0 bridgehead atoms. The SMILES string of the molecule is CC1CCCC(C)N1C(=O)Cc1ccc2c(c1)NC(=O)CO2. The van der Waals surface area contributed by atoms with Gasteiger partial charge in [-0.25, -0.2) is 0 Å². The van der Waals surface area contributed by atoms with Crippen molar-refractivity contribution in [3.8, 4) is 5.75 Å². The summed E-state index contributed by atoms with van der Waals surface area (Å²) in [6.45, 7) is 4.29. The van der Waals surface area contributed by atoms with E-state index in [9.17, 15) is 9.59 Å². The lowest BCUT2D eigenvalue weighted by molar-refractivity contribution is -0.136. The molecular formula is C17H22N2O3. The molecule has 2 heterocycles. The fourth-order valence-corrected chi connectivity index (χ4v) is 3.42. The minimum absolute atomic E-state index is 0.0497. The Bertz CT molecular complexity index is 590. The number of benzene rings is 1. The summed E-state index contributed by atoms with van der Waals surface area (Å²) in [5, 5.41) is 2.78. The van der Waals surface area contributed by atoms with Crippen molar-refractivity contribution < 1.29 is 14.3 Å². The van der Waals surface area contributed by atoms with Gasteiger partial charge in [0, 0.05) is 12.1 Å². The summed E-state index contributed by atoms with van der Waals surface area (Å²) in [7, 11) is 0. The van der Waals surface area contributed by atoms with Gasteiger partial charge in [0.2, 0.25) is 5.91 Å². The van der Waals surface area contributed by atoms with Gasteiger partial charge in [0.25, 0.3) is 5.91 Å². The number of likely N-dealkylation sites (tertiary alicyclic amines) is 1. The molecule has 2 unspecified atom stereocenters. The largest absolute Gasteiger partial charge is 0.482 e. The minimum atomic E-state index is -0.158. The third-order valence-electron chi connectivity index (χ3n) is 4.51. The van der Waals surface area contributed by atoms with Gasteiger partial charge in [-0.15, -0.1) is 0 Å². The highest BCUT2D eigenvalue weighted by molar-refractivity contribution is 5.95. The molecule has 1 aromatic carbocycles.